The van der Waals surface area contributed by atoms with E-state index in [1.807, 2.05) is 11.8 Å². The number of rotatable bonds is 5. The van der Waals surface area contributed by atoms with Crippen LogP contribution in [0.3, 0.4) is 0 Å². The Morgan fingerprint density at radius 2 is 2.17 bits per heavy atom. The molecular weight excluding hydrogens is 232 g/mol. The highest BCUT2D eigenvalue weighted by atomic mass is 16.4. The molecular formula is C13H22N2O3. The average molecular weight is 254 g/mol. The molecule has 5 nitrogen and oxygen atoms in total. The van der Waals surface area contributed by atoms with Crippen molar-refractivity contribution in [2.75, 3.05) is 0 Å². The van der Waals surface area contributed by atoms with Crippen molar-refractivity contribution in [3.05, 3.63) is 0 Å². The van der Waals surface area contributed by atoms with Crippen LogP contribution in [0, 0.1) is 5.92 Å². The summed E-state index contributed by atoms with van der Waals surface area (Å²) in [6.45, 7) is 2.05. The Bertz CT molecular complexity index is 345. The Balaban J connectivity index is 1.97. The van der Waals surface area contributed by atoms with Gasteiger partial charge in [0.25, 0.3) is 0 Å². The van der Waals surface area contributed by atoms with E-state index in [1.165, 1.54) is 0 Å². The Kier molecular flexibility index (Phi) is 3.90. The molecule has 0 spiro atoms. The van der Waals surface area contributed by atoms with Crippen molar-refractivity contribution in [3.8, 4) is 0 Å². The molecule has 0 saturated carbocycles. The predicted molar refractivity (Wildman–Crippen MR) is 66.9 cm³/mol. The Morgan fingerprint density at radius 3 is 2.72 bits per heavy atom. The third kappa shape index (κ3) is 2.36. The molecule has 2 rings (SSSR count). The van der Waals surface area contributed by atoms with E-state index in [2.05, 4.69) is 0 Å². The molecule has 5 heteroatoms. The number of carbonyl (C=O) groups is 2. The molecule has 4 atom stereocenters. The first-order chi connectivity index (χ1) is 8.54. The number of carbonyl (C=O) groups excluding carboxylic acids is 1. The summed E-state index contributed by atoms with van der Waals surface area (Å²) in [6.07, 6.45) is 4.57. The Morgan fingerprint density at radius 1 is 1.44 bits per heavy atom. The van der Waals surface area contributed by atoms with Crippen molar-refractivity contribution in [2.45, 2.75) is 63.6 Å². The lowest BCUT2D eigenvalue weighted by Crippen LogP contribution is -2.40. The van der Waals surface area contributed by atoms with Gasteiger partial charge in [0.1, 0.15) is 0 Å². The van der Waals surface area contributed by atoms with Gasteiger partial charge in [0.05, 0.1) is 5.92 Å². The van der Waals surface area contributed by atoms with Crippen molar-refractivity contribution in [1.29, 1.82) is 0 Å². The van der Waals surface area contributed by atoms with Crippen LogP contribution in [0.15, 0.2) is 0 Å². The summed E-state index contributed by atoms with van der Waals surface area (Å²) in [4.78, 5) is 25.1. The van der Waals surface area contributed by atoms with E-state index in [4.69, 9.17) is 10.8 Å². The number of nitrogens with two attached hydrogens (primary N) is 1. The van der Waals surface area contributed by atoms with E-state index in [-0.39, 0.29) is 30.0 Å². The molecule has 2 bridgehead atoms. The van der Waals surface area contributed by atoms with Gasteiger partial charge in [-0.05, 0) is 25.7 Å². The SMILES string of the molecule is CCCC(N)CC(=O)N1C2CCC1C(C(=O)O)C2. The predicted octanol–water partition coefficient (Wildman–Crippen LogP) is 0.968. The highest BCUT2D eigenvalue weighted by Crippen LogP contribution is 2.42. The molecule has 0 aromatic heterocycles. The zero-order chi connectivity index (χ0) is 13.3. The largest absolute Gasteiger partial charge is 0.481 e. The molecule has 0 radical (unpaired) electrons. The topological polar surface area (TPSA) is 83.6 Å². The molecule has 18 heavy (non-hydrogen) atoms. The number of aliphatic carboxylic acids is 1. The van der Waals surface area contributed by atoms with Gasteiger partial charge in [-0.15, -0.1) is 0 Å². The lowest BCUT2D eigenvalue weighted by Gasteiger charge is -2.24. The van der Waals surface area contributed by atoms with Gasteiger partial charge < -0.3 is 15.7 Å². The van der Waals surface area contributed by atoms with Gasteiger partial charge in [-0.1, -0.05) is 13.3 Å². The van der Waals surface area contributed by atoms with Gasteiger partial charge >= 0.3 is 5.97 Å². The maximum absolute atomic E-state index is 12.2. The second kappa shape index (κ2) is 5.26. The van der Waals surface area contributed by atoms with Gasteiger partial charge in [0.2, 0.25) is 5.91 Å². The van der Waals surface area contributed by atoms with E-state index in [9.17, 15) is 9.59 Å². The number of carboxylic acids is 1. The van der Waals surface area contributed by atoms with E-state index in [0.717, 1.165) is 25.7 Å². The van der Waals surface area contributed by atoms with Crippen molar-refractivity contribution < 1.29 is 14.7 Å². The molecule has 0 aliphatic carbocycles. The minimum absolute atomic E-state index is 0.0483. The number of hydrogen-bond donors (Lipinski definition) is 2. The number of nitrogens with zero attached hydrogens (tertiary/aromatic N) is 1. The van der Waals surface area contributed by atoms with E-state index >= 15 is 0 Å². The maximum Gasteiger partial charge on any atom is 0.308 e. The minimum atomic E-state index is -0.766. The van der Waals surface area contributed by atoms with Gasteiger partial charge in [-0.25, -0.2) is 0 Å². The zero-order valence-electron chi connectivity index (χ0n) is 10.8. The van der Waals surface area contributed by atoms with Gasteiger partial charge in [0.15, 0.2) is 0 Å². The van der Waals surface area contributed by atoms with Gasteiger partial charge in [-0.2, -0.15) is 0 Å². The molecule has 2 aliphatic heterocycles. The molecule has 102 valence electrons. The smallest absolute Gasteiger partial charge is 0.308 e. The number of fused-ring (bicyclic) bond motifs is 2. The standard InChI is InChI=1S/C13H22N2O3/c1-2-3-8(14)6-12(16)15-9-4-5-11(15)10(7-9)13(17)18/h8-11H,2-7,14H2,1H3,(H,17,18). The molecule has 2 fully saturated rings. The van der Waals surface area contributed by atoms with Gasteiger partial charge in [0, 0.05) is 24.5 Å². The maximum atomic E-state index is 12.2. The van der Waals surface area contributed by atoms with Crippen molar-refractivity contribution >= 4 is 11.9 Å². The fraction of sp³-hybridized carbons (Fsp3) is 0.846. The van der Waals surface area contributed by atoms with Crippen LogP contribution in [0.1, 0.15) is 45.4 Å². The lowest BCUT2D eigenvalue weighted by molar-refractivity contribution is -0.143. The Hall–Kier alpha value is -1.10. The van der Waals surface area contributed by atoms with Crippen LogP contribution >= 0.6 is 0 Å². The third-order valence-corrected chi connectivity index (χ3v) is 4.24. The summed E-state index contributed by atoms with van der Waals surface area (Å²) in [5.74, 6) is -1.08. The first-order valence-electron chi connectivity index (χ1n) is 6.84. The summed E-state index contributed by atoms with van der Waals surface area (Å²) in [5, 5.41) is 9.14. The number of amides is 1. The van der Waals surface area contributed by atoms with Crippen LogP contribution in [0.2, 0.25) is 0 Å². The van der Waals surface area contributed by atoms with Crippen LogP contribution in [0.4, 0.5) is 0 Å². The fourth-order valence-corrected chi connectivity index (χ4v) is 3.45. The molecule has 0 aromatic rings. The molecule has 0 aromatic carbocycles. The lowest BCUT2D eigenvalue weighted by atomic mass is 9.89. The van der Waals surface area contributed by atoms with Crippen LogP contribution in [-0.4, -0.2) is 40.0 Å². The summed E-state index contributed by atoms with van der Waals surface area (Å²) < 4.78 is 0. The van der Waals surface area contributed by atoms with E-state index in [0.29, 0.717) is 12.8 Å². The van der Waals surface area contributed by atoms with Crippen molar-refractivity contribution in [2.24, 2.45) is 11.7 Å². The first kappa shape index (κ1) is 13.3. The quantitative estimate of drug-likeness (QED) is 0.765. The fourth-order valence-electron chi connectivity index (χ4n) is 3.45. The van der Waals surface area contributed by atoms with Crippen LogP contribution in [0.5, 0.6) is 0 Å². The van der Waals surface area contributed by atoms with Crippen LogP contribution in [-0.2, 0) is 9.59 Å². The zero-order valence-corrected chi connectivity index (χ0v) is 10.8. The average Bonchev–Trinajstić information content (AvgIpc) is 2.85. The van der Waals surface area contributed by atoms with Crippen molar-refractivity contribution in [3.63, 3.8) is 0 Å². The van der Waals surface area contributed by atoms with E-state index < -0.39 is 5.97 Å². The molecule has 2 heterocycles. The monoisotopic (exact) mass is 254 g/mol. The van der Waals surface area contributed by atoms with E-state index in [1.54, 1.807) is 0 Å². The number of carboxylic acid groups (broad SMARTS) is 1. The minimum Gasteiger partial charge on any atom is -0.481 e. The van der Waals surface area contributed by atoms with Crippen LogP contribution < -0.4 is 5.73 Å². The van der Waals surface area contributed by atoms with Crippen molar-refractivity contribution in [1.82, 2.24) is 4.90 Å². The molecule has 1 amide bonds. The molecule has 4 unspecified atom stereocenters. The second-order valence-electron chi connectivity index (χ2n) is 5.53. The second-order valence-corrected chi connectivity index (χ2v) is 5.53. The summed E-state index contributed by atoms with van der Waals surface area (Å²) in [5.41, 5.74) is 5.89. The molecule has 2 saturated heterocycles. The summed E-state index contributed by atoms with van der Waals surface area (Å²) in [7, 11) is 0. The summed E-state index contributed by atoms with van der Waals surface area (Å²) >= 11 is 0. The van der Waals surface area contributed by atoms with Gasteiger partial charge in [-0.3, -0.25) is 9.59 Å². The number of hydrogen-bond acceptors (Lipinski definition) is 3. The highest BCUT2D eigenvalue weighted by molar-refractivity contribution is 5.81. The third-order valence-electron chi connectivity index (χ3n) is 4.24. The highest BCUT2D eigenvalue weighted by Gasteiger charge is 2.51. The Labute approximate surface area is 107 Å². The first-order valence-corrected chi connectivity index (χ1v) is 6.84. The normalized spacial score (nSPS) is 31.7. The molecule has 3 N–H and O–H groups in total. The van der Waals surface area contributed by atoms with Crippen LogP contribution in [0.25, 0.3) is 0 Å². The summed E-state index contributed by atoms with van der Waals surface area (Å²) in [6, 6.07) is -0.0444. The molecule has 2 aliphatic rings.